The zero-order valence-corrected chi connectivity index (χ0v) is 17.2. The number of rotatable bonds is 7. The lowest BCUT2D eigenvalue weighted by atomic mass is 10.2. The Bertz CT molecular complexity index is 946. The largest absolute Gasteiger partial charge is 0.491 e. The second-order valence-corrected chi connectivity index (χ2v) is 7.42. The van der Waals surface area contributed by atoms with Crippen LogP contribution >= 0.6 is 11.8 Å². The van der Waals surface area contributed by atoms with Crippen molar-refractivity contribution in [1.82, 2.24) is 4.90 Å². The van der Waals surface area contributed by atoms with E-state index in [0.717, 1.165) is 34.4 Å². The summed E-state index contributed by atoms with van der Waals surface area (Å²) >= 11 is 0.866. The number of carbonyl (C=O) groups is 3. The summed E-state index contributed by atoms with van der Waals surface area (Å²) in [5, 5.41) is -0.394. The van der Waals surface area contributed by atoms with Crippen LogP contribution < -0.4 is 4.74 Å². The monoisotopic (exact) mass is 415 g/mol. The smallest absolute Gasteiger partial charge is 0.373 e. The molecular weight excluding hydrogens is 394 g/mol. The number of benzene rings is 1. The molecule has 1 atom stereocenters. The minimum Gasteiger partial charge on any atom is -0.491 e. The van der Waals surface area contributed by atoms with E-state index in [0.29, 0.717) is 10.7 Å². The number of carbonyl (C=O) groups excluding carboxylic acids is 3. The maximum Gasteiger partial charge on any atom is 0.373 e. The maximum atomic E-state index is 12.6. The fourth-order valence-electron chi connectivity index (χ4n) is 2.57. The number of furan rings is 1. The fourth-order valence-corrected chi connectivity index (χ4v) is 3.41. The van der Waals surface area contributed by atoms with E-state index in [1.807, 2.05) is 38.1 Å². The number of imide groups is 1. The van der Waals surface area contributed by atoms with Crippen LogP contribution in [0.25, 0.3) is 6.08 Å². The van der Waals surface area contributed by atoms with Gasteiger partial charge in [-0.2, -0.15) is 0 Å². The van der Waals surface area contributed by atoms with Gasteiger partial charge in [-0.1, -0.05) is 19.1 Å². The predicted octanol–water partition coefficient (Wildman–Crippen LogP) is 4.48. The Balaban J connectivity index is 1.69. The summed E-state index contributed by atoms with van der Waals surface area (Å²) in [7, 11) is 1.24. The first-order valence-corrected chi connectivity index (χ1v) is 9.92. The molecule has 0 aliphatic carbocycles. The second kappa shape index (κ2) is 9.00. The number of thioether (sulfide) groups is 1. The molecule has 3 rings (SSSR count). The molecule has 0 saturated carbocycles. The van der Waals surface area contributed by atoms with Gasteiger partial charge in [0.2, 0.25) is 5.76 Å². The second-order valence-electron chi connectivity index (χ2n) is 6.43. The van der Waals surface area contributed by atoms with Crippen molar-refractivity contribution in [2.75, 3.05) is 7.11 Å². The summed E-state index contributed by atoms with van der Waals surface area (Å²) in [6, 6.07) is 10.3. The molecule has 2 amide bonds. The fraction of sp³-hybridized carbons (Fsp3) is 0.286. The topological polar surface area (TPSA) is 86.1 Å². The molecular formula is C21H21NO6S. The third-order valence-electron chi connectivity index (χ3n) is 4.33. The zero-order chi connectivity index (χ0) is 21.0. The third kappa shape index (κ3) is 4.89. The normalized spacial score (nSPS) is 16.4. The van der Waals surface area contributed by atoms with Crippen LogP contribution in [0.3, 0.4) is 0 Å². The highest BCUT2D eigenvalue weighted by molar-refractivity contribution is 8.18. The number of hydrogen-bond donors (Lipinski definition) is 0. The zero-order valence-electron chi connectivity index (χ0n) is 16.3. The lowest BCUT2D eigenvalue weighted by Crippen LogP contribution is -2.27. The minimum absolute atomic E-state index is 0.0183. The minimum atomic E-state index is -0.619. The van der Waals surface area contributed by atoms with Gasteiger partial charge in [-0.25, -0.2) is 4.79 Å². The van der Waals surface area contributed by atoms with Gasteiger partial charge in [0.1, 0.15) is 11.5 Å². The molecule has 1 aliphatic heterocycles. The Labute approximate surface area is 172 Å². The molecule has 0 N–H and O–H groups in total. The summed E-state index contributed by atoms with van der Waals surface area (Å²) < 4.78 is 15.7. The molecule has 0 unspecified atom stereocenters. The molecule has 2 heterocycles. The van der Waals surface area contributed by atoms with Gasteiger partial charge in [-0.05, 0) is 61.0 Å². The van der Waals surface area contributed by atoms with E-state index in [9.17, 15) is 14.4 Å². The molecule has 2 aromatic rings. The number of methoxy groups -OCH3 is 1. The van der Waals surface area contributed by atoms with E-state index in [1.165, 1.54) is 19.2 Å². The molecule has 8 heteroatoms. The summed E-state index contributed by atoms with van der Waals surface area (Å²) in [4.78, 5) is 37.8. The van der Waals surface area contributed by atoms with Crippen molar-refractivity contribution in [2.45, 2.75) is 32.9 Å². The number of hydrogen-bond acceptors (Lipinski definition) is 7. The van der Waals surface area contributed by atoms with Gasteiger partial charge in [0, 0.05) is 0 Å². The highest BCUT2D eigenvalue weighted by Gasteiger charge is 2.35. The Morgan fingerprint density at radius 2 is 1.93 bits per heavy atom. The van der Waals surface area contributed by atoms with Crippen molar-refractivity contribution < 1.29 is 28.3 Å². The first kappa shape index (κ1) is 20.7. The van der Waals surface area contributed by atoms with Crippen LogP contribution in [0.1, 0.15) is 42.1 Å². The highest BCUT2D eigenvalue weighted by atomic mass is 32.2. The molecule has 1 saturated heterocycles. The average Bonchev–Trinajstić information content (AvgIpc) is 3.29. The van der Waals surface area contributed by atoms with E-state index in [-0.39, 0.29) is 18.4 Å². The van der Waals surface area contributed by atoms with Crippen LogP contribution in [0, 0.1) is 0 Å². The van der Waals surface area contributed by atoms with E-state index >= 15 is 0 Å². The number of nitrogens with zero attached hydrogens (tertiary/aromatic N) is 1. The molecule has 152 valence electrons. The molecule has 0 radical (unpaired) electrons. The lowest BCUT2D eigenvalue weighted by molar-refractivity contribution is -0.123. The highest BCUT2D eigenvalue weighted by Crippen LogP contribution is 2.33. The van der Waals surface area contributed by atoms with E-state index in [2.05, 4.69) is 4.74 Å². The Morgan fingerprint density at radius 1 is 1.21 bits per heavy atom. The molecule has 1 aromatic carbocycles. The van der Waals surface area contributed by atoms with Crippen LogP contribution in [0.4, 0.5) is 4.79 Å². The standard InChI is InChI=1S/C21H21NO6S/c1-4-13(2)27-15-7-5-14(6-8-15)11-18-19(23)22(21(25)29-18)12-16-9-10-17(28-16)20(24)26-3/h5-11,13H,4,12H2,1-3H3/b18-11+/t13-/m0/s1. The van der Waals surface area contributed by atoms with Crippen LogP contribution in [0.2, 0.25) is 0 Å². The quantitative estimate of drug-likeness (QED) is 0.487. The number of ether oxygens (including phenoxy) is 2. The van der Waals surface area contributed by atoms with Gasteiger partial charge >= 0.3 is 5.97 Å². The molecule has 7 nitrogen and oxygen atoms in total. The maximum absolute atomic E-state index is 12.6. The molecule has 1 aliphatic rings. The predicted molar refractivity (Wildman–Crippen MR) is 108 cm³/mol. The Hall–Kier alpha value is -3.00. The molecule has 1 aromatic heterocycles. The summed E-state index contributed by atoms with van der Waals surface area (Å²) in [5.41, 5.74) is 0.790. The van der Waals surface area contributed by atoms with Crippen molar-refractivity contribution in [3.05, 3.63) is 58.4 Å². The first-order chi connectivity index (χ1) is 13.9. The molecule has 29 heavy (non-hydrogen) atoms. The first-order valence-electron chi connectivity index (χ1n) is 9.10. The summed E-state index contributed by atoms with van der Waals surface area (Å²) in [6.07, 6.45) is 2.70. The third-order valence-corrected chi connectivity index (χ3v) is 5.23. The molecule has 0 spiro atoms. The average molecular weight is 415 g/mol. The van der Waals surface area contributed by atoms with E-state index in [4.69, 9.17) is 9.15 Å². The van der Waals surface area contributed by atoms with Gasteiger partial charge < -0.3 is 13.9 Å². The Morgan fingerprint density at radius 3 is 2.59 bits per heavy atom. The van der Waals surface area contributed by atoms with Gasteiger partial charge in [0.05, 0.1) is 24.7 Å². The van der Waals surface area contributed by atoms with Gasteiger partial charge in [-0.3, -0.25) is 14.5 Å². The van der Waals surface area contributed by atoms with Crippen molar-refractivity contribution in [3.63, 3.8) is 0 Å². The molecule has 0 bridgehead atoms. The van der Waals surface area contributed by atoms with Gasteiger partial charge in [0.25, 0.3) is 11.1 Å². The van der Waals surface area contributed by atoms with Crippen LogP contribution in [0.15, 0.2) is 45.7 Å². The van der Waals surface area contributed by atoms with Crippen molar-refractivity contribution in [1.29, 1.82) is 0 Å². The van der Waals surface area contributed by atoms with Crippen LogP contribution in [-0.2, 0) is 16.1 Å². The van der Waals surface area contributed by atoms with Crippen LogP contribution in [0.5, 0.6) is 5.75 Å². The van der Waals surface area contributed by atoms with Gasteiger partial charge in [0.15, 0.2) is 0 Å². The molecule has 1 fully saturated rings. The number of esters is 1. The Kier molecular flexibility index (Phi) is 6.43. The summed E-state index contributed by atoms with van der Waals surface area (Å²) in [6.45, 7) is 3.99. The SMILES string of the molecule is CC[C@H](C)Oc1ccc(/C=C2/SC(=O)N(Cc3ccc(C(=O)OC)o3)C2=O)cc1. The number of amides is 2. The van der Waals surface area contributed by atoms with Gasteiger partial charge in [-0.15, -0.1) is 0 Å². The van der Waals surface area contributed by atoms with Crippen molar-refractivity contribution in [2.24, 2.45) is 0 Å². The van der Waals surface area contributed by atoms with Crippen molar-refractivity contribution >= 4 is 35.0 Å². The van der Waals surface area contributed by atoms with Crippen LogP contribution in [-0.4, -0.2) is 35.2 Å². The van der Waals surface area contributed by atoms with Crippen molar-refractivity contribution in [3.8, 4) is 5.75 Å². The van der Waals surface area contributed by atoms with E-state index in [1.54, 1.807) is 6.08 Å². The van der Waals surface area contributed by atoms with E-state index < -0.39 is 17.1 Å². The summed E-state index contributed by atoms with van der Waals surface area (Å²) in [5.74, 6) is 0.0658. The lowest BCUT2D eigenvalue weighted by Gasteiger charge is -2.12.